The van der Waals surface area contributed by atoms with Crippen LogP contribution in [0.3, 0.4) is 0 Å². The van der Waals surface area contributed by atoms with Gasteiger partial charge in [-0.15, -0.1) is 0 Å². The van der Waals surface area contributed by atoms with Crippen molar-refractivity contribution >= 4 is 23.3 Å². The molecule has 2 aromatic rings. The minimum absolute atomic E-state index is 0.215. The van der Waals surface area contributed by atoms with E-state index in [2.05, 4.69) is 41.3 Å². The summed E-state index contributed by atoms with van der Waals surface area (Å²) >= 11 is 6.70. The summed E-state index contributed by atoms with van der Waals surface area (Å²) in [6.45, 7) is 0.989. The molecule has 2 aliphatic carbocycles. The summed E-state index contributed by atoms with van der Waals surface area (Å²) in [4.78, 5) is 14.5. The van der Waals surface area contributed by atoms with Gasteiger partial charge in [0.1, 0.15) is 0 Å². The average Bonchev–Trinajstić information content (AvgIpc) is 3.38. The SMILES string of the molecule is O=C(O)c1cc2c3c(c1)C1C=CCC1C(c1ccccc1Cl)N3CC1CC=CC21. The van der Waals surface area contributed by atoms with E-state index in [0.29, 0.717) is 23.3 Å². The summed E-state index contributed by atoms with van der Waals surface area (Å²) in [6, 6.07) is 12.3. The van der Waals surface area contributed by atoms with Crippen molar-refractivity contribution in [1.29, 1.82) is 0 Å². The fourth-order valence-electron chi connectivity index (χ4n) is 6.17. The summed E-state index contributed by atoms with van der Waals surface area (Å²) in [5.41, 5.74) is 5.22. The van der Waals surface area contributed by atoms with E-state index in [1.165, 1.54) is 22.4 Å². The molecular formula is C25H22ClNO2. The van der Waals surface area contributed by atoms with E-state index in [0.717, 1.165) is 24.4 Å². The molecule has 4 heteroatoms. The van der Waals surface area contributed by atoms with Crippen LogP contribution in [-0.4, -0.2) is 17.6 Å². The van der Waals surface area contributed by atoms with E-state index in [4.69, 9.17) is 11.6 Å². The first kappa shape index (κ1) is 17.3. The predicted octanol–water partition coefficient (Wildman–Crippen LogP) is 5.93. The van der Waals surface area contributed by atoms with Crippen LogP contribution in [0.15, 0.2) is 60.7 Å². The number of allylic oxidation sites excluding steroid dienone is 4. The first-order chi connectivity index (χ1) is 14.1. The molecule has 146 valence electrons. The maximum absolute atomic E-state index is 11.9. The summed E-state index contributed by atoms with van der Waals surface area (Å²) in [5, 5.41) is 10.6. The number of carboxylic acid groups (broad SMARTS) is 1. The summed E-state index contributed by atoms with van der Waals surface area (Å²) in [5.74, 6) is 0.586. The van der Waals surface area contributed by atoms with Crippen LogP contribution in [0, 0.1) is 11.8 Å². The number of aromatic carboxylic acids is 1. The Kier molecular flexibility index (Phi) is 3.73. The van der Waals surface area contributed by atoms with Crippen molar-refractivity contribution in [1.82, 2.24) is 0 Å². The lowest BCUT2D eigenvalue weighted by Gasteiger charge is -2.51. The van der Waals surface area contributed by atoms with E-state index in [1.54, 1.807) is 0 Å². The van der Waals surface area contributed by atoms with Crippen molar-refractivity contribution in [3.05, 3.63) is 88.0 Å². The quantitative estimate of drug-likeness (QED) is 0.631. The molecule has 2 aliphatic heterocycles. The molecular weight excluding hydrogens is 382 g/mol. The van der Waals surface area contributed by atoms with Crippen LogP contribution in [-0.2, 0) is 0 Å². The molecule has 2 heterocycles. The number of benzene rings is 2. The van der Waals surface area contributed by atoms with Crippen molar-refractivity contribution in [2.45, 2.75) is 30.7 Å². The molecule has 0 fully saturated rings. The van der Waals surface area contributed by atoms with Crippen LogP contribution < -0.4 is 4.90 Å². The molecule has 0 spiro atoms. The number of carbonyl (C=O) groups is 1. The second-order valence-electron chi connectivity index (χ2n) is 8.73. The fraction of sp³-hybridized carbons (Fsp3) is 0.320. The number of carboxylic acids is 1. The van der Waals surface area contributed by atoms with Gasteiger partial charge in [0.05, 0.1) is 11.6 Å². The monoisotopic (exact) mass is 403 g/mol. The molecule has 2 aromatic carbocycles. The molecule has 0 saturated carbocycles. The highest BCUT2D eigenvalue weighted by Gasteiger charge is 2.48. The highest BCUT2D eigenvalue weighted by Crippen LogP contribution is 2.59. The molecule has 5 unspecified atom stereocenters. The highest BCUT2D eigenvalue weighted by molar-refractivity contribution is 6.31. The number of rotatable bonds is 2. The molecule has 3 nitrogen and oxygen atoms in total. The molecule has 5 atom stereocenters. The van der Waals surface area contributed by atoms with Crippen molar-refractivity contribution in [2.75, 3.05) is 11.4 Å². The number of anilines is 1. The first-order valence-corrected chi connectivity index (χ1v) is 10.8. The van der Waals surface area contributed by atoms with E-state index in [-0.39, 0.29) is 12.0 Å². The zero-order chi connectivity index (χ0) is 19.7. The molecule has 0 radical (unpaired) electrons. The van der Waals surface area contributed by atoms with Gasteiger partial charge in [0.2, 0.25) is 0 Å². The van der Waals surface area contributed by atoms with Crippen molar-refractivity contribution in [2.24, 2.45) is 11.8 Å². The van der Waals surface area contributed by atoms with Gasteiger partial charge < -0.3 is 10.0 Å². The smallest absolute Gasteiger partial charge is 0.335 e. The Morgan fingerprint density at radius 2 is 1.72 bits per heavy atom. The van der Waals surface area contributed by atoms with Crippen LogP contribution in [0.4, 0.5) is 5.69 Å². The Morgan fingerprint density at radius 1 is 1.00 bits per heavy atom. The van der Waals surface area contributed by atoms with E-state index in [9.17, 15) is 9.90 Å². The summed E-state index contributed by atoms with van der Waals surface area (Å²) in [7, 11) is 0. The van der Waals surface area contributed by atoms with Crippen LogP contribution in [0.25, 0.3) is 0 Å². The number of fused-ring (bicyclic) bond motifs is 4. The molecule has 6 rings (SSSR count). The molecule has 4 aliphatic rings. The Hall–Kier alpha value is -2.52. The highest BCUT2D eigenvalue weighted by atomic mass is 35.5. The van der Waals surface area contributed by atoms with E-state index < -0.39 is 5.97 Å². The molecule has 0 amide bonds. The third-order valence-corrected chi connectivity index (χ3v) is 7.66. The molecule has 0 bridgehead atoms. The summed E-state index contributed by atoms with van der Waals surface area (Å²) in [6.07, 6.45) is 11.1. The summed E-state index contributed by atoms with van der Waals surface area (Å²) < 4.78 is 0. The van der Waals surface area contributed by atoms with Gasteiger partial charge in [-0.25, -0.2) is 4.79 Å². The van der Waals surface area contributed by atoms with Gasteiger partial charge in [0.15, 0.2) is 0 Å². The average molecular weight is 404 g/mol. The van der Waals surface area contributed by atoms with E-state index >= 15 is 0 Å². The minimum Gasteiger partial charge on any atom is -0.478 e. The maximum atomic E-state index is 11.9. The minimum atomic E-state index is -0.841. The number of nitrogens with zero attached hydrogens (tertiary/aromatic N) is 1. The van der Waals surface area contributed by atoms with Gasteiger partial charge in [0.25, 0.3) is 0 Å². The van der Waals surface area contributed by atoms with Gasteiger partial charge in [-0.05, 0) is 59.6 Å². The van der Waals surface area contributed by atoms with Crippen LogP contribution in [0.5, 0.6) is 0 Å². The molecule has 0 saturated heterocycles. The Bertz CT molecular complexity index is 1070. The van der Waals surface area contributed by atoms with E-state index in [1.807, 2.05) is 24.3 Å². The van der Waals surface area contributed by atoms with Crippen molar-refractivity contribution < 1.29 is 9.90 Å². The Morgan fingerprint density at radius 3 is 2.52 bits per heavy atom. The van der Waals surface area contributed by atoms with Gasteiger partial charge in [-0.2, -0.15) is 0 Å². The van der Waals surface area contributed by atoms with Crippen molar-refractivity contribution in [3.63, 3.8) is 0 Å². The molecule has 1 N–H and O–H groups in total. The predicted molar refractivity (Wildman–Crippen MR) is 115 cm³/mol. The second kappa shape index (κ2) is 6.24. The maximum Gasteiger partial charge on any atom is 0.335 e. The lowest BCUT2D eigenvalue weighted by molar-refractivity contribution is 0.0696. The molecule has 0 aromatic heterocycles. The third-order valence-electron chi connectivity index (χ3n) is 7.32. The largest absolute Gasteiger partial charge is 0.478 e. The second-order valence-corrected chi connectivity index (χ2v) is 9.14. The number of halogens is 1. The topological polar surface area (TPSA) is 40.5 Å². The zero-order valence-corrected chi connectivity index (χ0v) is 16.7. The lowest BCUT2D eigenvalue weighted by atomic mass is 9.70. The molecule has 29 heavy (non-hydrogen) atoms. The fourth-order valence-corrected chi connectivity index (χ4v) is 6.41. The normalized spacial score (nSPS) is 30.8. The van der Waals surface area contributed by atoms with Gasteiger partial charge in [-0.1, -0.05) is 54.1 Å². The Labute approximate surface area is 175 Å². The van der Waals surface area contributed by atoms with Gasteiger partial charge in [0, 0.05) is 29.1 Å². The third kappa shape index (κ3) is 2.40. The standard InChI is InChI=1S/C25H22ClNO2/c26-22-10-2-1-6-19(22)23-18-9-4-8-17(18)21-12-15(25(28)29)11-20-16-7-3-5-14(16)13-27(23)24(20)21/h1-4,6-8,10-12,14,16-18,23H,5,9,13H2,(H,28,29). The zero-order valence-electron chi connectivity index (χ0n) is 16.0. The van der Waals surface area contributed by atoms with Crippen LogP contribution in [0.1, 0.15) is 57.8 Å². The first-order valence-electron chi connectivity index (χ1n) is 10.4. The van der Waals surface area contributed by atoms with Crippen LogP contribution >= 0.6 is 11.6 Å². The van der Waals surface area contributed by atoms with Crippen LogP contribution in [0.2, 0.25) is 5.02 Å². The van der Waals surface area contributed by atoms with Gasteiger partial charge >= 0.3 is 5.97 Å². The number of hydrogen-bond acceptors (Lipinski definition) is 2. The van der Waals surface area contributed by atoms with Crippen molar-refractivity contribution in [3.8, 4) is 0 Å². The Balaban J connectivity index is 1.62. The number of hydrogen-bond donors (Lipinski definition) is 1. The lowest BCUT2D eigenvalue weighted by Crippen LogP contribution is -2.46. The van der Waals surface area contributed by atoms with Gasteiger partial charge in [-0.3, -0.25) is 0 Å².